The van der Waals surface area contributed by atoms with Gasteiger partial charge in [0, 0.05) is 12.8 Å². The first-order chi connectivity index (χ1) is 10.7. The summed E-state index contributed by atoms with van der Waals surface area (Å²) in [4.78, 5) is 11.6. The molecule has 6 heteroatoms. The first-order valence-corrected chi connectivity index (χ1v) is 8.23. The van der Waals surface area contributed by atoms with Crippen molar-refractivity contribution in [1.29, 1.82) is 0 Å². The van der Waals surface area contributed by atoms with Gasteiger partial charge in [0.05, 0.1) is 24.3 Å². The summed E-state index contributed by atoms with van der Waals surface area (Å²) >= 11 is 0. The lowest BCUT2D eigenvalue weighted by atomic mass is 9.79. The molecule has 5 nitrogen and oxygen atoms in total. The normalized spacial score (nSPS) is 24.8. The molecule has 0 radical (unpaired) electrons. The molecule has 0 saturated carbocycles. The Kier molecular flexibility index (Phi) is 3.82. The lowest BCUT2D eigenvalue weighted by Gasteiger charge is -2.32. The molecule has 1 aromatic rings. The van der Waals surface area contributed by atoms with Crippen molar-refractivity contribution in [1.82, 2.24) is 4.48 Å². The van der Waals surface area contributed by atoms with Crippen LogP contribution in [0, 0.1) is 0 Å². The largest absolute Gasteiger partial charge is 0.498 e. The van der Waals surface area contributed by atoms with Crippen molar-refractivity contribution in [2.24, 2.45) is 0 Å². The van der Waals surface area contributed by atoms with Gasteiger partial charge in [-0.1, -0.05) is 12.1 Å². The van der Waals surface area contributed by atoms with Crippen LogP contribution >= 0.6 is 0 Å². The van der Waals surface area contributed by atoms with Gasteiger partial charge in [0.1, 0.15) is 5.69 Å². The summed E-state index contributed by atoms with van der Waals surface area (Å²) in [5.41, 5.74) is 0.902. The Morgan fingerprint density at radius 1 is 1.04 bits per heavy atom. The van der Waals surface area contributed by atoms with Crippen LogP contribution in [0.2, 0.25) is 0 Å². The molecular formula is C17H24BNO4. The summed E-state index contributed by atoms with van der Waals surface area (Å²) in [5, 5.41) is 11.6. The lowest BCUT2D eigenvalue weighted by Crippen LogP contribution is -2.58. The summed E-state index contributed by atoms with van der Waals surface area (Å²) in [5.74, 6) is 0. The molecule has 2 heterocycles. The van der Waals surface area contributed by atoms with Crippen LogP contribution in [0.4, 0.5) is 10.5 Å². The minimum Gasteiger partial charge on any atom is -0.498 e. The minimum atomic E-state index is -1.02. The van der Waals surface area contributed by atoms with Crippen LogP contribution in [0.25, 0.3) is 0 Å². The van der Waals surface area contributed by atoms with E-state index in [9.17, 15) is 9.90 Å². The summed E-state index contributed by atoms with van der Waals surface area (Å²) in [6.45, 7) is 9.25. The summed E-state index contributed by atoms with van der Waals surface area (Å²) in [6.07, 6.45) is 0.797. The summed E-state index contributed by atoms with van der Waals surface area (Å²) in [6, 6.07) is 7.53. The van der Waals surface area contributed by atoms with Gasteiger partial charge in [-0.3, -0.25) is 0 Å². The summed E-state index contributed by atoms with van der Waals surface area (Å²) in [7, 11) is -0.427. The Balaban J connectivity index is 1.85. The monoisotopic (exact) mass is 317 g/mol. The van der Waals surface area contributed by atoms with Gasteiger partial charge in [-0.25, -0.2) is 4.48 Å². The molecule has 0 bridgehead atoms. The predicted octanol–water partition coefficient (Wildman–Crippen LogP) is 1.43. The highest BCUT2D eigenvalue weighted by atomic mass is 16.7. The molecule has 0 unspecified atom stereocenters. The van der Waals surface area contributed by atoms with Crippen molar-refractivity contribution in [2.45, 2.75) is 51.7 Å². The number of quaternary nitrogens is 1. The highest BCUT2D eigenvalue weighted by Crippen LogP contribution is 2.36. The molecular weight excluding hydrogens is 293 g/mol. The van der Waals surface area contributed by atoms with Gasteiger partial charge >= 0.3 is 7.12 Å². The van der Waals surface area contributed by atoms with Crippen LogP contribution in [0.15, 0.2) is 24.3 Å². The second kappa shape index (κ2) is 5.33. The average Bonchev–Trinajstić information content (AvgIpc) is 3.04. The highest BCUT2D eigenvalue weighted by Gasteiger charge is 2.51. The zero-order valence-corrected chi connectivity index (χ0v) is 14.3. The number of nitrogens with zero attached hydrogens (tertiary/aromatic N) is 1. The van der Waals surface area contributed by atoms with Gasteiger partial charge < -0.3 is 19.2 Å². The number of likely N-dealkylation sites (tertiary alicyclic amines) is 1. The molecule has 0 aliphatic carbocycles. The van der Waals surface area contributed by atoms with Crippen LogP contribution < -0.4 is 15.1 Å². The van der Waals surface area contributed by atoms with E-state index in [0.717, 1.165) is 24.0 Å². The number of benzene rings is 1. The first-order valence-electron chi connectivity index (χ1n) is 8.23. The number of amides is 1. The Hall–Kier alpha value is -1.37. The van der Waals surface area contributed by atoms with Crippen LogP contribution in [0.1, 0.15) is 40.5 Å². The topological polar surface area (TPSA) is 58.6 Å². The van der Waals surface area contributed by atoms with E-state index in [0.29, 0.717) is 13.1 Å². The van der Waals surface area contributed by atoms with Gasteiger partial charge in [-0.2, -0.15) is 0 Å². The number of carbonyl (C=O) groups excluding carboxylic acids is 1. The maximum absolute atomic E-state index is 11.6. The number of carboxylic acid groups (broad SMARTS) is 1. The van der Waals surface area contributed by atoms with Gasteiger partial charge in [-0.05, 0) is 45.3 Å². The maximum atomic E-state index is 11.6. The zero-order chi connectivity index (χ0) is 16.9. The molecule has 23 heavy (non-hydrogen) atoms. The van der Waals surface area contributed by atoms with Crippen molar-refractivity contribution in [3.8, 4) is 0 Å². The van der Waals surface area contributed by atoms with Crippen molar-refractivity contribution >= 4 is 24.4 Å². The second-order valence-electron chi connectivity index (χ2n) is 7.57. The van der Waals surface area contributed by atoms with Crippen molar-refractivity contribution in [3.63, 3.8) is 0 Å². The van der Waals surface area contributed by atoms with E-state index in [1.807, 2.05) is 52.0 Å². The molecule has 0 atom stereocenters. The minimum absolute atomic E-state index is 0.0797. The Bertz CT molecular complexity index is 590. The molecule has 1 amide bonds. The van der Waals surface area contributed by atoms with E-state index in [2.05, 4.69) is 0 Å². The Morgan fingerprint density at radius 3 is 1.96 bits per heavy atom. The smallest absolute Gasteiger partial charge is 0.494 e. The SMILES string of the molecule is CC1(C)OB(c2ccc([N+]3(C(=O)[O-])CCCC3)cc2)OC1(C)C. The molecule has 2 fully saturated rings. The quantitative estimate of drug-likeness (QED) is 0.612. The molecule has 2 aliphatic rings. The van der Waals surface area contributed by atoms with Crippen molar-refractivity contribution < 1.29 is 19.2 Å². The third-order valence-corrected chi connectivity index (χ3v) is 5.59. The maximum Gasteiger partial charge on any atom is 0.494 e. The van der Waals surface area contributed by atoms with Gasteiger partial charge in [-0.15, -0.1) is 0 Å². The number of rotatable bonds is 2. The number of carbonyl (C=O) groups is 1. The molecule has 2 saturated heterocycles. The summed E-state index contributed by atoms with van der Waals surface area (Å²) < 4.78 is 12.0. The fourth-order valence-corrected chi connectivity index (χ4v) is 3.32. The molecule has 0 aromatic heterocycles. The van der Waals surface area contributed by atoms with Gasteiger partial charge in [0.25, 0.3) is 6.09 Å². The zero-order valence-electron chi connectivity index (χ0n) is 14.3. The van der Waals surface area contributed by atoms with E-state index in [4.69, 9.17) is 9.31 Å². The van der Waals surface area contributed by atoms with E-state index in [1.165, 1.54) is 0 Å². The third kappa shape index (κ3) is 2.59. The molecule has 2 aliphatic heterocycles. The molecule has 0 spiro atoms. The fourth-order valence-electron chi connectivity index (χ4n) is 3.32. The Morgan fingerprint density at radius 2 is 1.52 bits per heavy atom. The highest BCUT2D eigenvalue weighted by molar-refractivity contribution is 6.62. The number of hydrogen-bond donors (Lipinski definition) is 0. The fraction of sp³-hybridized carbons (Fsp3) is 0.588. The first kappa shape index (κ1) is 16.5. The van der Waals surface area contributed by atoms with Crippen molar-refractivity contribution in [3.05, 3.63) is 24.3 Å². The van der Waals surface area contributed by atoms with Gasteiger partial charge in [0.2, 0.25) is 0 Å². The van der Waals surface area contributed by atoms with Gasteiger partial charge in [0.15, 0.2) is 0 Å². The average molecular weight is 317 g/mol. The van der Waals surface area contributed by atoms with E-state index < -0.39 is 13.2 Å². The standard InChI is InChI=1S/C17H24BNO4/c1-16(2)17(3,4)23-18(22-16)13-7-9-14(10-8-13)19(15(20)21)11-5-6-12-19/h7-10H,5-6,11-12H2,1-4H3. The van der Waals surface area contributed by atoms with E-state index >= 15 is 0 Å². The molecule has 0 N–H and O–H groups in total. The second-order valence-corrected chi connectivity index (χ2v) is 7.57. The van der Waals surface area contributed by atoms with E-state index in [1.54, 1.807) is 0 Å². The van der Waals surface area contributed by atoms with Crippen molar-refractivity contribution in [2.75, 3.05) is 13.1 Å². The van der Waals surface area contributed by atoms with Crippen LogP contribution in [0.3, 0.4) is 0 Å². The van der Waals surface area contributed by atoms with E-state index in [-0.39, 0.29) is 15.7 Å². The molecule has 3 rings (SSSR count). The number of hydrogen-bond acceptors (Lipinski definition) is 4. The Labute approximate surface area is 137 Å². The molecule has 1 aromatic carbocycles. The van der Waals surface area contributed by atoms with Crippen LogP contribution in [-0.2, 0) is 9.31 Å². The lowest BCUT2D eigenvalue weighted by molar-refractivity contribution is -0.263. The molecule has 124 valence electrons. The van der Waals surface area contributed by atoms with Crippen LogP contribution in [0.5, 0.6) is 0 Å². The predicted molar refractivity (Wildman–Crippen MR) is 88.3 cm³/mol. The third-order valence-electron chi connectivity index (χ3n) is 5.59. The van der Waals surface area contributed by atoms with Crippen LogP contribution in [-0.4, -0.2) is 37.5 Å².